The lowest BCUT2D eigenvalue weighted by molar-refractivity contribution is -0.124. The fourth-order valence-corrected chi connectivity index (χ4v) is 4.85. The minimum atomic E-state index is -0.681. The molecular weight excluding hydrogens is 366 g/mol. The van der Waals surface area contributed by atoms with Crippen molar-refractivity contribution < 1.29 is 9.53 Å². The zero-order valence-electron chi connectivity index (χ0n) is 17.1. The van der Waals surface area contributed by atoms with Gasteiger partial charge in [0.05, 0.1) is 24.4 Å². The molecule has 0 unspecified atom stereocenters. The lowest BCUT2D eigenvalue weighted by atomic mass is 9.77. The molecule has 1 atom stereocenters. The number of guanidine groups is 1. The van der Waals surface area contributed by atoms with Gasteiger partial charge in [0.15, 0.2) is 5.92 Å². The number of anilines is 1. The number of hydrogen-bond donors (Lipinski definition) is 1. The minimum Gasteiger partial charge on any atom is -0.495 e. The lowest BCUT2D eigenvalue weighted by Crippen LogP contribution is -2.60. The van der Waals surface area contributed by atoms with Crippen molar-refractivity contribution in [2.75, 3.05) is 38.2 Å². The van der Waals surface area contributed by atoms with Crippen LogP contribution in [0.4, 0.5) is 5.69 Å². The van der Waals surface area contributed by atoms with E-state index < -0.39 is 11.5 Å². The van der Waals surface area contributed by atoms with Crippen molar-refractivity contribution in [3.63, 3.8) is 0 Å². The number of benzene rings is 1. The second-order valence-corrected chi connectivity index (χ2v) is 8.15. The number of nitrogens with one attached hydrogen (secondary N) is 1. The van der Waals surface area contributed by atoms with E-state index in [4.69, 9.17) is 9.73 Å². The third-order valence-corrected chi connectivity index (χ3v) is 6.47. The second-order valence-electron chi connectivity index (χ2n) is 8.15. The van der Waals surface area contributed by atoms with E-state index in [0.717, 1.165) is 76.1 Å². The Balaban J connectivity index is 1.52. The molecule has 2 heterocycles. The highest BCUT2D eigenvalue weighted by Gasteiger charge is 2.47. The Hall–Kier alpha value is -2.75. The van der Waals surface area contributed by atoms with Crippen LogP contribution in [0.3, 0.4) is 0 Å². The molecule has 1 aromatic rings. The molecule has 1 aromatic carbocycles. The number of hydrogen-bond acceptors (Lipinski definition) is 6. The van der Waals surface area contributed by atoms with Crippen LogP contribution in [0.25, 0.3) is 0 Å². The highest BCUT2D eigenvalue weighted by atomic mass is 16.5. The summed E-state index contributed by atoms with van der Waals surface area (Å²) < 4.78 is 5.50. The number of amides is 1. The monoisotopic (exact) mass is 395 g/mol. The average molecular weight is 396 g/mol. The zero-order valence-corrected chi connectivity index (χ0v) is 17.1. The maximum Gasteiger partial charge on any atom is 0.246 e. The largest absolute Gasteiger partial charge is 0.495 e. The van der Waals surface area contributed by atoms with Gasteiger partial charge in [0.25, 0.3) is 0 Å². The summed E-state index contributed by atoms with van der Waals surface area (Å²) in [6, 6.07) is 10.3. The maximum absolute atomic E-state index is 12.8. The summed E-state index contributed by atoms with van der Waals surface area (Å²) in [5.74, 6) is 0.660. The van der Waals surface area contributed by atoms with Crippen LogP contribution in [0.1, 0.15) is 38.5 Å². The molecule has 1 saturated heterocycles. The Morgan fingerprint density at radius 2 is 1.76 bits per heavy atom. The Bertz CT molecular complexity index is 815. The number of rotatable bonds is 2. The van der Waals surface area contributed by atoms with E-state index in [0.29, 0.717) is 5.96 Å². The summed E-state index contributed by atoms with van der Waals surface area (Å²) in [5.41, 5.74) is 0.539. The van der Waals surface area contributed by atoms with Gasteiger partial charge in [0.1, 0.15) is 5.75 Å². The summed E-state index contributed by atoms with van der Waals surface area (Å²) in [5, 5.41) is 12.6. The normalized spacial score (nSPS) is 24.3. The van der Waals surface area contributed by atoms with Crippen LogP contribution in [0.2, 0.25) is 0 Å². The van der Waals surface area contributed by atoms with Gasteiger partial charge in [-0.05, 0) is 25.0 Å². The second kappa shape index (κ2) is 8.32. The van der Waals surface area contributed by atoms with Gasteiger partial charge in [-0.25, -0.2) is 4.99 Å². The first-order valence-corrected chi connectivity index (χ1v) is 10.6. The number of methoxy groups -OCH3 is 1. The first-order valence-electron chi connectivity index (χ1n) is 10.6. The van der Waals surface area contributed by atoms with Crippen molar-refractivity contribution in [3.8, 4) is 11.8 Å². The standard InChI is InChI=1S/C22H29N5O2/c1-29-19-9-5-4-8-18(19)26-12-14-27(15-13-26)21-24-20(28)17(16-23)22(25-21)10-6-2-3-7-11-22/h4-5,8-9,17H,2-3,6-7,10-15H2,1H3,(H,24,25,28)/t17-/m0/s1. The van der Waals surface area contributed by atoms with Crippen LogP contribution in [-0.4, -0.2) is 55.6 Å². The number of carbonyl (C=O) groups is 1. The van der Waals surface area contributed by atoms with E-state index in [2.05, 4.69) is 27.3 Å². The highest BCUT2D eigenvalue weighted by Crippen LogP contribution is 2.39. The first kappa shape index (κ1) is 19.6. The molecule has 7 nitrogen and oxygen atoms in total. The Morgan fingerprint density at radius 1 is 1.10 bits per heavy atom. The van der Waals surface area contributed by atoms with Gasteiger partial charge in [-0.15, -0.1) is 0 Å². The quantitative estimate of drug-likeness (QED) is 0.832. The van der Waals surface area contributed by atoms with E-state index in [9.17, 15) is 10.1 Å². The zero-order chi connectivity index (χ0) is 20.3. The van der Waals surface area contributed by atoms with Crippen molar-refractivity contribution in [2.45, 2.75) is 44.1 Å². The van der Waals surface area contributed by atoms with Crippen LogP contribution in [0.15, 0.2) is 29.3 Å². The molecule has 1 aliphatic carbocycles. The molecule has 0 radical (unpaired) electrons. The molecule has 3 aliphatic rings. The maximum atomic E-state index is 12.8. The van der Waals surface area contributed by atoms with Crippen molar-refractivity contribution in [1.29, 1.82) is 5.26 Å². The molecule has 1 N–H and O–H groups in total. The van der Waals surface area contributed by atoms with Gasteiger partial charge in [-0.1, -0.05) is 37.8 Å². The van der Waals surface area contributed by atoms with E-state index in [1.807, 2.05) is 18.2 Å². The Labute approximate surface area is 172 Å². The van der Waals surface area contributed by atoms with E-state index >= 15 is 0 Å². The van der Waals surface area contributed by atoms with Crippen LogP contribution in [0, 0.1) is 17.2 Å². The van der Waals surface area contributed by atoms with E-state index in [1.165, 1.54) is 0 Å². The molecule has 1 spiro atoms. The lowest BCUT2D eigenvalue weighted by Gasteiger charge is -2.42. The van der Waals surface area contributed by atoms with Gasteiger partial charge in [0.2, 0.25) is 11.9 Å². The van der Waals surface area contributed by atoms with Gasteiger partial charge in [-0.2, -0.15) is 5.26 Å². The third kappa shape index (κ3) is 3.76. The molecule has 1 saturated carbocycles. The SMILES string of the molecule is COc1ccccc1N1CCN(C2=NC3(CCCCCC3)[C@@H](C#N)C(=O)N2)CC1. The molecule has 7 heteroatoms. The molecule has 29 heavy (non-hydrogen) atoms. The molecule has 2 fully saturated rings. The number of nitriles is 1. The topological polar surface area (TPSA) is 81.0 Å². The fraction of sp³-hybridized carbons (Fsp3) is 0.591. The summed E-state index contributed by atoms with van der Waals surface area (Å²) in [6.07, 6.45) is 6.02. The summed E-state index contributed by atoms with van der Waals surface area (Å²) in [6.45, 7) is 3.18. The van der Waals surface area contributed by atoms with Crippen LogP contribution in [-0.2, 0) is 4.79 Å². The number of ether oxygens (including phenoxy) is 1. The number of para-hydroxylation sites is 2. The number of aliphatic imine (C=N–C) groups is 1. The van der Waals surface area contributed by atoms with Crippen LogP contribution in [0.5, 0.6) is 5.75 Å². The molecule has 154 valence electrons. The van der Waals surface area contributed by atoms with Gasteiger partial charge >= 0.3 is 0 Å². The van der Waals surface area contributed by atoms with Crippen molar-refractivity contribution >= 4 is 17.6 Å². The third-order valence-electron chi connectivity index (χ3n) is 6.47. The van der Waals surface area contributed by atoms with E-state index in [-0.39, 0.29) is 5.91 Å². The Kier molecular flexibility index (Phi) is 5.61. The predicted molar refractivity (Wildman–Crippen MR) is 112 cm³/mol. The predicted octanol–water partition coefficient (Wildman–Crippen LogP) is 2.54. The first-order chi connectivity index (χ1) is 14.2. The number of nitrogens with zero attached hydrogens (tertiary/aromatic N) is 4. The molecule has 0 aromatic heterocycles. The summed E-state index contributed by atoms with van der Waals surface area (Å²) in [7, 11) is 1.69. The molecule has 1 amide bonds. The van der Waals surface area contributed by atoms with Gasteiger partial charge in [-0.3, -0.25) is 10.1 Å². The minimum absolute atomic E-state index is 0.188. The van der Waals surface area contributed by atoms with Crippen LogP contribution < -0.4 is 15.0 Å². The van der Waals surface area contributed by atoms with Crippen molar-refractivity contribution in [3.05, 3.63) is 24.3 Å². The number of piperazine rings is 1. The molecule has 2 aliphatic heterocycles. The molecule has 4 rings (SSSR count). The van der Waals surface area contributed by atoms with Crippen molar-refractivity contribution in [2.24, 2.45) is 10.9 Å². The summed E-state index contributed by atoms with van der Waals surface area (Å²) >= 11 is 0. The van der Waals surface area contributed by atoms with E-state index in [1.54, 1.807) is 7.11 Å². The Morgan fingerprint density at radius 3 is 2.41 bits per heavy atom. The highest BCUT2D eigenvalue weighted by molar-refractivity contribution is 6.02. The molecule has 0 bridgehead atoms. The van der Waals surface area contributed by atoms with Crippen molar-refractivity contribution in [1.82, 2.24) is 10.2 Å². The van der Waals surface area contributed by atoms with Gasteiger partial charge in [0, 0.05) is 26.2 Å². The average Bonchev–Trinajstić information content (AvgIpc) is 2.99. The fourth-order valence-electron chi connectivity index (χ4n) is 4.85. The number of carbonyl (C=O) groups excluding carboxylic acids is 1. The van der Waals surface area contributed by atoms with Crippen LogP contribution >= 0.6 is 0 Å². The van der Waals surface area contributed by atoms with Gasteiger partial charge < -0.3 is 14.5 Å². The molecular formula is C22H29N5O2. The summed E-state index contributed by atoms with van der Waals surface area (Å²) in [4.78, 5) is 22.3. The smallest absolute Gasteiger partial charge is 0.246 e.